The van der Waals surface area contributed by atoms with E-state index in [1.54, 1.807) is 36.4 Å². The lowest BCUT2D eigenvalue weighted by Gasteiger charge is -2.04. The van der Waals surface area contributed by atoms with Crippen LogP contribution in [0, 0.1) is 10.1 Å². The zero-order valence-corrected chi connectivity index (χ0v) is 14.7. The molecule has 0 atom stereocenters. The summed E-state index contributed by atoms with van der Waals surface area (Å²) in [6.07, 6.45) is 1.10. The predicted octanol–water partition coefficient (Wildman–Crippen LogP) is 3.76. The number of nitrogens with one attached hydrogen (secondary N) is 1. The number of non-ortho nitro benzene ring substituents is 1. The van der Waals surface area contributed by atoms with Gasteiger partial charge < -0.3 is 0 Å². The molecule has 0 fully saturated rings. The summed E-state index contributed by atoms with van der Waals surface area (Å²) >= 11 is 1.43. The zero-order valence-electron chi connectivity index (χ0n) is 13.0. The molecule has 3 aromatic rings. The minimum Gasteiger partial charge on any atom is -0.284 e. The Labute approximate surface area is 148 Å². The van der Waals surface area contributed by atoms with E-state index in [9.17, 15) is 18.5 Å². The second kappa shape index (κ2) is 6.61. The molecule has 3 rings (SSSR count). The van der Waals surface area contributed by atoms with E-state index < -0.39 is 14.9 Å². The van der Waals surface area contributed by atoms with E-state index in [4.69, 9.17) is 0 Å². The fourth-order valence-electron chi connectivity index (χ4n) is 2.19. The third-order valence-electron chi connectivity index (χ3n) is 3.31. The van der Waals surface area contributed by atoms with E-state index in [1.807, 2.05) is 5.38 Å². The van der Waals surface area contributed by atoms with Gasteiger partial charge in [0.15, 0.2) is 0 Å². The first kappa shape index (κ1) is 17.1. The summed E-state index contributed by atoms with van der Waals surface area (Å²) in [5.74, 6) is 0. The molecule has 7 nitrogen and oxygen atoms in total. The molecule has 1 aromatic heterocycles. The molecule has 0 saturated carbocycles. The Hall–Kier alpha value is -2.78. The van der Waals surface area contributed by atoms with Crippen LogP contribution < -0.4 is 4.72 Å². The van der Waals surface area contributed by atoms with Gasteiger partial charge in [0.25, 0.3) is 5.69 Å². The predicted molar refractivity (Wildman–Crippen MR) is 98.1 cm³/mol. The van der Waals surface area contributed by atoms with E-state index in [0.717, 1.165) is 28.1 Å². The first-order valence-electron chi connectivity index (χ1n) is 7.10. The standard InChI is InChI=1S/C16H13N3O4S2/c1-25(22,23)18-13-6-2-11(3-7-13)15-10-24-16(17-15)12-4-8-14(9-5-12)19(20)21/h2-10,18H,1H3. The van der Waals surface area contributed by atoms with Gasteiger partial charge in [0.2, 0.25) is 10.0 Å². The summed E-state index contributed by atoms with van der Waals surface area (Å²) in [6, 6.07) is 13.1. The van der Waals surface area contributed by atoms with Crippen LogP contribution >= 0.6 is 11.3 Å². The molecule has 0 bridgehead atoms. The highest BCUT2D eigenvalue weighted by Gasteiger charge is 2.10. The molecule has 0 aliphatic carbocycles. The fourth-order valence-corrected chi connectivity index (χ4v) is 3.59. The summed E-state index contributed by atoms with van der Waals surface area (Å²) in [5, 5.41) is 13.3. The molecule has 128 valence electrons. The summed E-state index contributed by atoms with van der Waals surface area (Å²) in [6.45, 7) is 0. The van der Waals surface area contributed by atoms with Crippen LogP contribution in [0.25, 0.3) is 21.8 Å². The quantitative estimate of drug-likeness (QED) is 0.540. The van der Waals surface area contributed by atoms with Crippen molar-refractivity contribution in [2.24, 2.45) is 0 Å². The Morgan fingerprint density at radius 3 is 2.20 bits per heavy atom. The second-order valence-corrected chi connectivity index (χ2v) is 7.90. The van der Waals surface area contributed by atoms with Crippen LogP contribution in [0.2, 0.25) is 0 Å². The van der Waals surface area contributed by atoms with Gasteiger partial charge in [-0.25, -0.2) is 13.4 Å². The number of nitrogens with zero attached hydrogens (tertiary/aromatic N) is 2. The van der Waals surface area contributed by atoms with Gasteiger partial charge in [-0.05, 0) is 24.3 Å². The molecule has 0 saturated heterocycles. The molecule has 2 aromatic carbocycles. The largest absolute Gasteiger partial charge is 0.284 e. The number of sulfonamides is 1. The van der Waals surface area contributed by atoms with Crippen molar-refractivity contribution in [3.8, 4) is 21.8 Å². The number of nitro benzene ring substituents is 1. The van der Waals surface area contributed by atoms with Gasteiger partial charge >= 0.3 is 0 Å². The summed E-state index contributed by atoms with van der Waals surface area (Å²) in [5.41, 5.74) is 2.93. The third kappa shape index (κ3) is 4.20. The van der Waals surface area contributed by atoms with E-state index >= 15 is 0 Å². The normalized spacial score (nSPS) is 11.2. The molecule has 0 amide bonds. The molecule has 0 radical (unpaired) electrons. The highest BCUT2D eigenvalue weighted by Crippen LogP contribution is 2.30. The summed E-state index contributed by atoms with van der Waals surface area (Å²) in [7, 11) is -3.31. The van der Waals surface area contributed by atoms with Crippen LogP contribution in [-0.4, -0.2) is 24.6 Å². The average Bonchev–Trinajstić information content (AvgIpc) is 3.04. The van der Waals surface area contributed by atoms with Crippen LogP contribution in [0.5, 0.6) is 0 Å². The molecule has 0 aliphatic rings. The van der Waals surface area contributed by atoms with E-state index in [2.05, 4.69) is 9.71 Å². The third-order valence-corrected chi connectivity index (χ3v) is 4.81. The fraction of sp³-hybridized carbons (Fsp3) is 0.0625. The van der Waals surface area contributed by atoms with Crippen molar-refractivity contribution in [1.82, 2.24) is 4.98 Å². The second-order valence-electron chi connectivity index (χ2n) is 5.29. The summed E-state index contributed by atoms with van der Waals surface area (Å²) in [4.78, 5) is 14.8. The zero-order chi connectivity index (χ0) is 18.0. The van der Waals surface area contributed by atoms with Gasteiger partial charge in [0.05, 0.1) is 16.9 Å². The first-order valence-corrected chi connectivity index (χ1v) is 9.87. The molecule has 0 spiro atoms. The van der Waals surface area contributed by atoms with Crippen LogP contribution in [0.3, 0.4) is 0 Å². The van der Waals surface area contributed by atoms with E-state index in [-0.39, 0.29) is 5.69 Å². The molecular weight excluding hydrogens is 362 g/mol. The van der Waals surface area contributed by atoms with Crippen LogP contribution in [0.4, 0.5) is 11.4 Å². The van der Waals surface area contributed by atoms with Crippen LogP contribution in [0.15, 0.2) is 53.9 Å². The maximum atomic E-state index is 11.2. The number of aromatic nitrogens is 1. The highest BCUT2D eigenvalue weighted by atomic mass is 32.2. The average molecular weight is 375 g/mol. The minimum atomic E-state index is -3.31. The summed E-state index contributed by atoms with van der Waals surface area (Å²) < 4.78 is 24.8. The monoisotopic (exact) mass is 375 g/mol. The van der Waals surface area contributed by atoms with Crippen molar-refractivity contribution in [3.63, 3.8) is 0 Å². The maximum Gasteiger partial charge on any atom is 0.269 e. The Bertz CT molecular complexity index is 1010. The molecule has 0 aliphatic heterocycles. The highest BCUT2D eigenvalue weighted by molar-refractivity contribution is 7.92. The molecule has 9 heteroatoms. The lowest BCUT2D eigenvalue weighted by molar-refractivity contribution is -0.384. The number of hydrogen-bond donors (Lipinski definition) is 1. The van der Waals surface area contributed by atoms with Crippen LogP contribution in [-0.2, 0) is 10.0 Å². The van der Waals surface area contributed by atoms with E-state index in [0.29, 0.717) is 5.69 Å². The van der Waals surface area contributed by atoms with Gasteiger partial charge in [0.1, 0.15) is 5.01 Å². The minimum absolute atomic E-state index is 0.0366. The van der Waals surface area contributed by atoms with Crippen molar-refractivity contribution in [1.29, 1.82) is 0 Å². The van der Waals surface area contributed by atoms with Crippen molar-refractivity contribution in [2.45, 2.75) is 0 Å². The van der Waals surface area contributed by atoms with Crippen molar-refractivity contribution < 1.29 is 13.3 Å². The molecule has 0 unspecified atom stereocenters. The Morgan fingerprint density at radius 1 is 1.04 bits per heavy atom. The number of thiazole rings is 1. The molecule has 25 heavy (non-hydrogen) atoms. The van der Waals surface area contributed by atoms with E-state index in [1.165, 1.54) is 23.5 Å². The van der Waals surface area contributed by atoms with Gasteiger partial charge in [-0.1, -0.05) is 12.1 Å². The molecule has 1 N–H and O–H groups in total. The number of rotatable bonds is 5. The number of anilines is 1. The van der Waals surface area contributed by atoms with Gasteiger partial charge in [-0.2, -0.15) is 0 Å². The maximum absolute atomic E-state index is 11.2. The number of hydrogen-bond acceptors (Lipinski definition) is 6. The van der Waals surface area contributed by atoms with Gasteiger partial charge in [-0.3, -0.25) is 14.8 Å². The smallest absolute Gasteiger partial charge is 0.269 e. The molecular formula is C16H13N3O4S2. The Kier molecular flexibility index (Phi) is 4.51. The van der Waals surface area contributed by atoms with Crippen molar-refractivity contribution in [3.05, 3.63) is 64.0 Å². The number of benzene rings is 2. The van der Waals surface area contributed by atoms with Crippen LogP contribution in [0.1, 0.15) is 0 Å². The first-order chi connectivity index (χ1) is 11.8. The SMILES string of the molecule is CS(=O)(=O)Nc1ccc(-c2csc(-c3ccc([N+](=O)[O-])cc3)n2)cc1. The Morgan fingerprint density at radius 2 is 1.64 bits per heavy atom. The van der Waals surface area contributed by atoms with Crippen molar-refractivity contribution >= 4 is 32.7 Å². The van der Waals surface area contributed by atoms with Gasteiger partial charge in [0, 0.05) is 34.3 Å². The lowest BCUT2D eigenvalue weighted by Crippen LogP contribution is -2.09. The topological polar surface area (TPSA) is 102 Å². The Balaban J connectivity index is 1.82. The lowest BCUT2D eigenvalue weighted by atomic mass is 10.1. The van der Waals surface area contributed by atoms with Crippen molar-refractivity contribution in [2.75, 3.05) is 11.0 Å². The van der Waals surface area contributed by atoms with Gasteiger partial charge in [-0.15, -0.1) is 11.3 Å². The molecule has 1 heterocycles. The number of nitro groups is 1.